The fourth-order valence-electron chi connectivity index (χ4n) is 5.13. The van der Waals surface area contributed by atoms with Crippen LogP contribution in [0.2, 0.25) is 0 Å². The fourth-order valence-corrected chi connectivity index (χ4v) is 5.13. The lowest BCUT2D eigenvalue weighted by molar-refractivity contribution is -0.118. The van der Waals surface area contributed by atoms with Gasteiger partial charge in [-0.3, -0.25) is 9.78 Å². The van der Waals surface area contributed by atoms with Gasteiger partial charge in [0.2, 0.25) is 5.88 Å². The number of hydrogen-bond acceptors (Lipinski definition) is 8. The molecule has 0 saturated heterocycles. The molecule has 36 heavy (non-hydrogen) atoms. The number of methoxy groups -OCH3 is 2. The molecule has 1 aliphatic carbocycles. The number of carbonyl (C=O) groups excluding carboxylic acids is 1. The smallest absolute Gasteiger partial charge is 0.228 e. The monoisotopic (exact) mass is 483 g/mol. The van der Waals surface area contributed by atoms with Gasteiger partial charge < -0.3 is 14.2 Å². The van der Waals surface area contributed by atoms with Crippen LogP contribution < -0.4 is 14.2 Å². The third-order valence-corrected chi connectivity index (χ3v) is 6.74. The number of hydrogen-bond donors (Lipinski definition) is 0. The Kier molecular flexibility index (Phi) is 5.03. The SMILES string of the molecule is COc1ccc(C2C3=C(CC(C)(C)CC3=O)Oc3ncn4nc(-c5ccncc5)nc4c32)cc1OC. The zero-order chi connectivity index (χ0) is 25.0. The van der Waals surface area contributed by atoms with Gasteiger partial charge >= 0.3 is 0 Å². The number of rotatable bonds is 4. The van der Waals surface area contributed by atoms with Gasteiger partial charge in [0.15, 0.2) is 28.8 Å². The molecule has 2 aliphatic rings. The maximum Gasteiger partial charge on any atom is 0.228 e. The van der Waals surface area contributed by atoms with Crippen molar-refractivity contribution in [3.05, 3.63) is 71.5 Å². The molecule has 9 nitrogen and oxygen atoms in total. The summed E-state index contributed by atoms with van der Waals surface area (Å²) in [7, 11) is 3.19. The van der Waals surface area contributed by atoms with Crippen molar-refractivity contribution in [1.29, 1.82) is 0 Å². The molecule has 0 amide bonds. The Morgan fingerprint density at radius 1 is 1.06 bits per heavy atom. The van der Waals surface area contributed by atoms with Gasteiger partial charge in [0.1, 0.15) is 12.1 Å². The highest BCUT2D eigenvalue weighted by atomic mass is 16.5. The van der Waals surface area contributed by atoms with Gasteiger partial charge in [-0.1, -0.05) is 19.9 Å². The maximum atomic E-state index is 13.6. The lowest BCUT2D eigenvalue weighted by Crippen LogP contribution is -2.33. The first kappa shape index (κ1) is 22.2. The summed E-state index contributed by atoms with van der Waals surface area (Å²) in [5.41, 5.74) is 3.40. The van der Waals surface area contributed by atoms with E-state index in [4.69, 9.17) is 19.2 Å². The first-order valence-electron chi connectivity index (χ1n) is 11.7. The minimum atomic E-state index is -0.446. The normalized spacial score (nSPS) is 18.4. The van der Waals surface area contributed by atoms with Crippen LogP contribution in [0.25, 0.3) is 17.0 Å². The number of pyridine rings is 1. The summed E-state index contributed by atoms with van der Waals surface area (Å²) in [6.45, 7) is 4.16. The Hall–Kier alpha value is -4.27. The Morgan fingerprint density at radius 3 is 2.58 bits per heavy atom. The zero-order valence-corrected chi connectivity index (χ0v) is 20.5. The summed E-state index contributed by atoms with van der Waals surface area (Å²) >= 11 is 0. The van der Waals surface area contributed by atoms with Gasteiger partial charge in [-0.15, -0.1) is 5.10 Å². The Morgan fingerprint density at radius 2 is 1.83 bits per heavy atom. The van der Waals surface area contributed by atoms with Crippen molar-refractivity contribution in [2.75, 3.05) is 14.2 Å². The molecule has 0 spiro atoms. The van der Waals surface area contributed by atoms with Crippen molar-refractivity contribution in [1.82, 2.24) is 24.6 Å². The predicted octanol–water partition coefficient (Wildman–Crippen LogP) is 4.37. The van der Waals surface area contributed by atoms with Crippen LogP contribution in [0.4, 0.5) is 0 Å². The molecule has 1 aliphatic heterocycles. The van der Waals surface area contributed by atoms with Gasteiger partial charge in [0.05, 0.1) is 25.7 Å². The van der Waals surface area contributed by atoms with E-state index in [0.29, 0.717) is 58.6 Å². The van der Waals surface area contributed by atoms with E-state index in [1.807, 2.05) is 30.3 Å². The molecule has 3 aromatic heterocycles. The molecule has 1 atom stereocenters. The lowest BCUT2D eigenvalue weighted by Gasteiger charge is -2.37. The van der Waals surface area contributed by atoms with Crippen molar-refractivity contribution in [3.8, 4) is 28.8 Å². The first-order chi connectivity index (χ1) is 17.4. The van der Waals surface area contributed by atoms with Gasteiger partial charge in [-0.05, 0) is 35.2 Å². The number of benzene rings is 1. The minimum absolute atomic E-state index is 0.0579. The third-order valence-electron chi connectivity index (χ3n) is 6.74. The Labute approximate surface area is 207 Å². The standard InChI is InChI=1S/C27H25N5O4/c1-27(2)12-17(33)22-20(13-27)36-26-23(21(22)16-5-6-18(34-3)19(11-16)35-4)25-30-24(31-32(25)14-29-26)15-7-9-28-10-8-15/h5-11,14,21H,12-13H2,1-4H3. The number of ether oxygens (including phenoxy) is 3. The zero-order valence-electron chi connectivity index (χ0n) is 20.5. The van der Waals surface area contributed by atoms with Crippen LogP contribution in [-0.4, -0.2) is 44.6 Å². The average molecular weight is 484 g/mol. The average Bonchev–Trinajstić information content (AvgIpc) is 3.31. The van der Waals surface area contributed by atoms with E-state index < -0.39 is 5.92 Å². The molecule has 182 valence electrons. The van der Waals surface area contributed by atoms with E-state index in [9.17, 15) is 4.79 Å². The number of Topliss-reactive ketones (excluding diaryl/α,β-unsaturated/α-hetero) is 1. The van der Waals surface area contributed by atoms with Crippen LogP contribution in [-0.2, 0) is 4.79 Å². The van der Waals surface area contributed by atoms with Crippen molar-refractivity contribution in [2.24, 2.45) is 5.41 Å². The largest absolute Gasteiger partial charge is 0.493 e. The number of carbonyl (C=O) groups is 1. The van der Waals surface area contributed by atoms with E-state index in [1.54, 1.807) is 37.5 Å². The Balaban J connectivity index is 1.61. The number of fused-ring (bicyclic) bond motifs is 3. The highest BCUT2D eigenvalue weighted by Crippen LogP contribution is 2.51. The van der Waals surface area contributed by atoms with E-state index in [0.717, 1.165) is 11.1 Å². The van der Waals surface area contributed by atoms with Crippen LogP contribution in [0.15, 0.2) is 60.4 Å². The van der Waals surface area contributed by atoms with E-state index in [-0.39, 0.29) is 11.2 Å². The number of ketones is 1. The molecule has 9 heteroatoms. The Bertz CT molecular complexity index is 1540. The molecule has 0 saturated carbocycles. The van der Waals surface area contributed by atoms with Crippen molar-refractivity contribution in [3.63, 3.8) is 0 Å². The van der Waals surface area contributed by atoms with Crippen LogP contribution in [0.3, 0.4) is 0 Å². The van der Waals surface area contributed by atoms with Crippen molar-refractivity contribution >= 4 is 11.4 Å². The number of allylic oxidation sites excluding steroid dienone is 2. The number of nitrogens with zero attached hydrogens (tertiary/aromatic N) is 5. The van der Waals surface area contributed by atoms with E-state index in [1.165, 1.54) is 0 Å². The van der Waals surface area contributed by atoms with Crippen LogP contribution in [0.5, 0.6) is 17.4 Å². The molecule has 0 fully saturated rings. The van der Waals surface area contributed by atoms with Crippen molar-refractivity contribution in [2.45, 2.75) is 32.6 Å². The molecule has 1 unspecified atom stereocenters. The molecule has 0 N–H and O–H groups in total. The first-order valence-corrected chi connectivity index (χ1v) is 11.7. The van der Waals surface area contributed by atoms with Crippen molar-refractivity contribution < 1.29 is 19.0 Å². The molecule has 0 bridgehead atoms. The molecule has 0 radical (unpaired) electrons. The topological polar surface area (TPSA) is 101 Å². The van der Waals surface area contributed by atoms with Gasteiger partial charge in [0, 0.05) is 36.4 Å². The maximum absolute atomic E-state index is 13.6. The molecule has 4 aromatic rings. The summed E-state index contributed by atoms with van der Waals surface area (Å²) < 4.78 is 19.0. The lowest BCUT2D eigenvalue weighted by atomic mass is 9.70. The third kappa shape index (κ3) is 3.50. The molecular formula is C27H25N5O4. The number of aromatic nitrogens is 5. The molecule has 4 heterocycles. The summed E-state index contributed by atoms with van der Waals surface area (Å²) in [5.74, 6) is 2.43. The highest BCUT2D eigenvalue weighted by molar-refractivity contribution is 6.00. The van der Waals surface area contributed by atoms with E-state index >= 15 is 0 Å². The van der Waals surface area contributed by atoms with Gasteiger partial charge in [-0.25, -0.2) is 14.5 Å². The summed E-state index contributed by atoms with van der Waals surface area (Å²) in [6, 6.07) is 9.40. The van der Waals surface area contributed by atoms with Crippen LogP contribution in [0.1, 0.15) is 43.7 Å². The molecule has 1 aromatic carbocycles. The highest BCUT2D eigenvalue weighted by Gasteiger charge is 2.44. The predicted molar refractivity (Wildman–Crippen MR) is 131 cm³/mol. The fraction of sp³-hybridized carbons (Fsp3) is 0.296. The van der Waals surface area contributed by atoms with Crippen LogP contribution in [0, 0.1) is 5.41 Å². The summed E-state index contributed by atoms with van der Waals surface area (Å²) in [5, 5.41) is 4.64. The second-order valence-corrected chi connectivity index (χ2v) is 9.83. The molecule has 6 rings (SSSR count). The van der Waals surface area contributed by atoms with Crippen LogP contribution >= 0.6 is 0 Å². The minimum Gasteiger partial charge on any atom is -0.493 e. The summed E-state index contributed by atoms with van der Waals surface area (Å²) in [4.78, 5) is 27.1. The second-order valence-electron chi connectivity index (χ2n) is 9.83. The van der Waals surface area contributed by atoms with Gasteiger partial charge in [-0.2, -0.15) is 0 Å². The summed E-state index contributed by atoms with van der Waals surface area (Å²) in [6.07, 6.45) is 6.06. The second kappa shape index (κ2) is 8.15. The quantitative estimate of drug-likeness (QED) is 0.422. The van der Waals surface area contributed by atoms with E-state index in [2.05, 4.69) is 28.9 Å². The van der Waals surface area contributed by atoms with Gasteiger partial charge in [0.25, 0.3) is 0 Å². The molecular weight excluding hydrogens is 458 g/mol.